The van der Waals surface area contributed by atoms with Gasteiger partial charge in [-0.1, -0.05) is 13.0 Å². The maximum absolute atomic E-state index is 10.2. The number of phenolic OH excluding ortho intramolecular Hbond substituents is 1. The van der Waals surface area contributed by atoms with Crippen molar-refractivity contribution in [3.63, 3.8) is 0 Å². The molecule has 1 atom stereocenters. The molecule has 1 saturated heterocycles. The van der Waals surface area contributed by atoms with Crippen molar-refractivity contribution in [1.82, 2.24) is 14.9 Å². The third-order valence-corrected chi connectivity index (χ3v) is 4.95. The SMILES string of the molecule is CCN1CCC[C@@H](Nc2nc3nc(-c4c(O)cccc4C#N)ccc3o2)C1. The van der Waals surface area contributed by atoms with E-state index >= 15 is 0 Å². The van der Waals surface area contributed by atoms with E-state index in [0.717, 1.165) is 32.5 Å². The Morgan fingerprint density at radius 1 is 1.33 bits per heavy atom. The quantitative estimate of drug-likeness (QED) is 0.733. The van der Waals surface area contributed by atoms with Crippen molar-refractivity contribution in [2.45, 2.75) is 25.8 Å². The van der Waals surface area contributed by atoms with E-state index in [1.54, 1.807) is 30.3 Å². The zero-order chi connectivity index (χ0) is 18.8. The lowest BCUT2D eigenvalue weighted by atomic mass is 10.0. The van der Waals surface area contributed by atoms with Crippen LogP contribution in [0.3, 0.4) is 0 Å². The van der Waals surface area contributed by atoms with Gasteiger partial charge in [0.15, 0.2) is 5.58 Å². The smallest absolute Gasteiger partial charge is 0.297 e. The Balaban J connectivity index is 1.62. The largest absolute Gasteiger partial charge is 0.507 e. The number of nitriles is 1. The number of hydrogen-bond acceptors (Lipinski definition) is 7. The molecule has 3 heterocycles. The minimum Gasteiger partial charge on any atom is -0.507 e. The zero-order valence-electron chi connectivity index (χ0n) is 15.1. The van der Waals surface area contributed by atoms with E-state index in [4.69, 9.17) is 4.42 Å². The summed E-state index contributed by atoms with van der Waals surface area (Å²) in [5.74, 6) is 0.0182. The summed E-state index contributed by atoms with van der Waals surface area (Å²) in [5.41, 5.74) is 2.28. The second kappa shape index (κ2) is 7.25. The van der Waals surface area contributed by atoms with Crippen molar-refractivity contribution < 1.29 is 9.52 Å². The number of fused-ring (bicyclic) bond motifs is 1. The minimum absolute atomic E-state index is 0.0182. The lowest BCUT2D eigenvalue weighted by Gasteiger charge is -2.31. The normalized spacial score (nSPS) is 17.7. The van der Waals surface area contributed by atoms with Gasteiger partial charge in [0, 0.05) is 12.6 Å². The molecule has 3 aromatic rings. The number of rotatable bonds is 4. The van der Waals surface area contributed by atoms with Crippen LogP contribution in [-0.4, -0.2) is 45.7 Å². The standard InChI is InChI=1S/C20H21N5O2/c1-2-25-10-4-6-14(12-25)22-20-24-19-17(27-20)9-8-15(23-19)18-13(11-21)5-3-7-16(18)26/h3,5,7-9,14,26H,2,4,6,10,12H2,1H3,(H,22,23,24)/t14-/m1/s1. The molecule has 1 fully saturated rings. The minimum atomic E-state index is 0.0182. The second-order valence-corrected chi connectivity index (χ2v) is 6.73. The molecule has 7 heteroatoms. The highest BCUT2D eigenvalue weighted by Crippen LogP contribution is 2.32. The highest BCUT2D eigenvalue weighted by Gasteiger charge is 2.21. The highest BCUT2D eigenvalue weighted by molar-refractivity contribution is 5.79. The van der Waals surface area contributed by atoms with Crippen LogP contribution < -0.4 is 5.32 Å². The Morgan fingerprint density at radius 2 is 2.22 bits per heavy atom. The molecule has 0 amide bonds. The Hall–Kier alpha value is -3.11. The van der Waals surface area contributed by atoms with Crippen molar-refractivity contribution in [3.8, 4) is 23.1 Å². The van der Waals surface area contributed by atoms with E-state index < -0.39 is 0 Å². The number of nitrogens with one attached hydrogen (secondary N) is 1. The Bertz CT molecular complexity index is 1010. The average Bonchev–Trinajstić information content (AvgIpc) is 3.09. The van der Waals surface area contributed by atoms with Gasteiger partial charge in [0.2, 0.25) is 5.65 Å². The summed E-state index contributed by atoms with van der Waals surface area (Å²) < 4.78 is 5.79. The van der Waals surface area contributed by atoms with Gasteiger partial charge in [-0.2, -0.15) is 10.2 Å². The number of phenols is 1. The first-order valence-corrected chi connectivity index (χ1v) is 9.17. The number of piperidine rings is 1. The van der Waals surface area contributed by atoms with Crippen LogP contribution in [0.15, 0.2) is 34.7 Å². The molecule has 2 N–H and O–H groups in total. The van der Waals surface area contributed by atoms with Gasteiger partial charge in [0.05, 0.1) is 22.9 Å². The van der Waals surface area contributed by atoms with Gasteiger partial charge < -0.3 is 19.7 Å². The van der Waals surface area contributed by atoms with Crippen LogP contribution in [0.25, 0.3) is 22.5 Å². The fraction of sp³-hybridized carbons (Fsp3) is 0.350. The summed E-state index contributed by atoms with van der Waals surface area (Å²) in [6, 6.07) is 11.2. The Morgan fingerprint density at radius 3 is 3.04 bits per heavy atom. The zero-order valence-corrected chi connectivity index (χ0v) is 15.1. The van der Waals surface area contributed by atoms with Gasteiger partial charge in [0.1, 0.15) is 5.75 Å². The van der Waals surface area contributed by atoms with Gasteiger partial charge in [-0.3, -0.25) is 0 Å². The fourth-order valence-electron chi connectivity index (χ4n) is 3.56. The van der Waals surface area contributed by atoms with Crippen LogP contribution in [-0.2, 0) is 0 Å². The molecule has 138 valence electrons. The van der Waals surface area contributed by atoms with Crippen LogP contribution in [0.4, 0.5) is 6.01 Å². The fourth-order valence-corrected chi connectivity index (χ4v) is 3.56. The van der Waals surface area contributed by atoms with E-state index in [9.17, 15) is 10.4 Å². The number of benzene rings is 1. The van der Waals surface area contributed by atoms with Gasteiger partial charge in [-0.05, 0) is 50.2 Å². The van der Waals surface area contributed by atoms with Crippen LogP contribution >= 0.6 is 0 Å². The number of nitrogens with zero attached hydrogens (tertiary/aromatic N) is 4. The first-order valence-electron chi connectivity index (χ1n) is 9.17. The summed E-state index contributed by atoms with van der Waals surface area (Å²) in [6.45, 7) is 5.31. The molecule has 0 unspecified atom stereocenters. The van der Waals surface area contributed by atoms with E-state index in [0.29, 0.717) is 40.1 Å². The first-order chi connectivity index (χ1) is 13.2. The summed E-state index contributed by atoms with van der Waals surface area (Å²) in [7, 11) is 0. The number of oxazole rings is 1. The summed E-state index contributed by atoms with van der Waals surface area (Å²) in [4.78, 5) is 11.4. The van der Waals surface area contributed by atoms with Crippen molar-refractivity contribution in [1.29, 1.82) is 5.26 Å². The Kier molecular flexibility index (Phi) is 4.65. The molecule has 0 saturated carbocycles. The third kappa shape index (κ3) is 3.44. The monoisotopic (exact) mass is 363 g/mol. The van der Waals surface area contributed by atoms with Gasteiger partial charge in [-0.25, -0.2) is 4.98 Å². The molecule has 1 aromatic carbocycles. The number of aromatic nitrogens is 2. The van der Waals surface area contributed by atoms with Crippen molar-refractivity contribution in [2.24, 2.45) is 0 Å². The maximum atomic E-state index is 10.2. The molecule has 0 spiro atoms. The molecular formula is C20H21N5O2. The van der Waals surface area contributed by atoms with Gasteiger partial charge in [0.25, 0.3) is 6.01 Å². The maximum Gasteiger partial charge on any atom is 0.297 e. The van der Waals surface area contributed by atoms with Crippen molar-refractivity contribution in [3.05, 3.63) is 35.9 Å². The molecule has 0 aliphatic carbocycles. The van der Waals surface area contributed by atoms with E-state index in [1.165, 1.54) is 0 Å². The number of pyridine rings is 1. The number of hydrogen-bond donors (Lipinski definition) is 2. The number of aromatic hydroxyl groups is 1. The van der Waals surface area contributed by atoms with Gasteiger partial charge in [-0.15, -0.1) is 0 Å². The van der Waals surface area contributed by atoms with Crippen LogP contribution in [0.5, 0.6) is 5.75 Å². The third-order valence-electron chi connectivity index (χ3n) is 4.95. The molecule has 4 rings (SSSR count). The second-order valence-electron chi connectivity index (χ2n) is 6.73. The lowest BCUT2D eigenvalue weighted by molar-refractivity contribution is 0.225. The lowest BCUT2D eigenvalue weighted by Crippen LogP contribution is -2.41. The number of likely N-dealkylation sites (tertiary alicyclic amines) is 1. The molecule has 2 aromatic heterocycles. The summed E-state index contributed by atoms with van der Waals surface area (Å²) in [6.07, 6.45) is 2.23. The average molecular weight is 363 g/mol. The van der Waals surface area contributed by atoms with Crippen molar-refractivity contribution >= 4 is 17.2 Å². The first kappa shape index (κ1) is 17.3. The van der Waals surface area contributed by atoms with Crippen LogP contribution in [0, 0.1) is 11.3 Å². The van der Waals surface area contributed by atoms with E-state index in [-0.39, 0.29) is 5.75 Å². The number of anilines is 1. The molecule has 0 bridgehead atoms. The van der Waals surface area contributed by atoms with E-state index in [2.05, 4.69) is 33.2 Å². The van der Waals surface area contributed by atoms with Gasteiger partial charge >= 0.3 is 0 Å². The van der Waals surface area contributed by atoms with Crippen LogP contribution in [0.2, 0.25) is 0 Å². The Labute approximate surface area is 157 Å². The predicted molar refractivity (Wildman–Crippen MR) is 102 cm³/mol. The summed E-state index contributed by atoms with van der Waals surface area (Å²) >= 11 is 0. The summed E-state index contributed by atoms with van der Waals surface area (Å²) in [5, 5.41) is 22.8. The molecule has 27 heavy (non-hydrogen) atoms. The molecule has 0 radical (unpaired) electrons. The predicted octanol–water partition coefficient (Wildman–Crippen LogP) is 3.36. The molecule has 7 nitrogen and oxygen atoms in total. The van der Waals surface area contributed by atoms with E-state index in [1.807, 2.05) is 0 Å². The topological polar surface area (TPSA) is 98.2 Å². The molecule has 1 aliphatic rings. The van der Waals surface area contributed by atoms with Crippen molar-refractivity contribution in [2.75, 3.05) is 25.0 Å². The molecule has 1 aliphatic heterocycles. The van der Waals surface area contributed by atoms with Crippen LogP contribution in [0.1, 0.15) is 25.3 Å². The molecular weight excluding hydrogens is 342 g/mol. The number of likely N-dealkylation sites (N-methyl/N-ethyl adjacent to an activating group) is 1. The highest BCUT2D eigenvalue weighted by atomic mass is 16.4.